The molecule has 0 aliphatic carbocycles. The molecule has 0 saturated carbocycles. The predicted molar refractivity (Wildman–Crippen MR) is 133 cm³/mol. The van der Waals surface area contributed by atoms with Crippen molar-refractivity contribution >= 4 is 33.2 Å². The van der Waals surface area contributed by atoms with Crippen molar-refractivity contribution in [2.45, 2.75) is 31.7 Å². The number of nitrogens with two attached hydrogens (primary N) is 1. The molecule has 4 rings (SSSR count). The van der Waals surface area contributed by atoms with Crippen molar-refractivity contribution < 1.29 is 32.3 Å². The third kappa shape index (κ3) is 4.91. The highest BCUT2D eigenvalue weighted by Gasteiger charge is 2.48. The SMILES string of the molecule is Cc1ccc(C2/C(=C(/O)c3cccc(OCC(C)C)c3)C(=O)C(=O)N2c2ccc(S(N)(=O)=O)cc2)o1. The third-order valence-corrected chi connectivity index (χ3v) is 6.54. The predicted octanol–water partition coefficient (Wildman–Crippen LogP) is 3.90. The van der Waals surface area contributed by atoms with Gasteiger partial charge in [-0.15, -0.1) is 0 Å². The molecule has 1 amide bonds. The molecule has 3 N–H and O–H groups in total. The molecular weight excluding hydrogens is 484 g/mol. The number of furan rings is 1. The lowest BCUT2D eigenvalue weighted by atomic mass is 9.99. The van der Waals surface area contributed by atoms with Crippen LogP contribution in [0.1, 0.15) is 37.0 Å². The van der Waals surface area contributed by atoms with Gasteiger partial charge >= 0.3 is 0 Å². The molecule has 1 unspecified atom stereocenters. The minimum absolute atomic E-state index is 0.147. The molecule has 2 heterocycles. The van der Waals surface area contributed by atoms with Gasteiger partial charge in [-0.3, -0.25) is 14.5 Å². The van der Waals surface area contributed by atoms with Crippen molar-refractivity contribution in [1.29, 1.82) is 0 Å². The van der Waals surface area contributed by atoms with Crippen LogP contribution in [0.4, 0.5) is 5.69 Å². The standard InChI is InChI=1S/C26H26N2O7S/c1-15(2)14-34-19-6-4-5-17(13-19)24(29)22-23(21-12-7-16(3)35-21)28(26(31)25(22)30)18-8-10-20(11-9-18)36(27,32)33/h4-13,15,23,29H,14H2,1-3H3,(H2,27,32,33)/b24-22-. The maximum atomic E-state index is 13.2. The molecule has 1 aliphatic rings. The van der Waals surface area contributed by atoms with Gasteiger partial charge in [0.15, 0.2) is 0 Å². The zero-order chi connectivity index (χ0) is 26.2. The third-order valence-electron chi connectivity index (χ3n) is 5.61. The Morgan fingerprint density at radius 1 is 1.11 bits per heavy atom. The summed E-state index contributed by atoms with van der Waals surface area (Å²) in [5.41, 5.74) is 0.370. The Labute approximate surface area is 208 Å². The van der Waals surface area contributed by atoms with Crippen molar-refractivity contribution in [3.63, 3.8) is 0 Å². The molecule has 0 radical (unpaired) electrons. The van der Waals surface area contributed by atoms with E-state index in [0.29, 0.717) is 23.7 Å². The van der Waals surface area contributed by atoms with Gasteiger partial charge in [-0.25, -0.2) is 13.6 Å². The van der Waals surface area contributed by atoms with E-state index in [2.05, 4.69) is 0 Å². The number of aryl methyl sites for hydroxylation is 1. The Morgan fingerprint density at radius 2 is 1.81 bits per heavy atom. The normalized spacial score (nSPS) is 17.7. The maximum Gasteiger partial charge on any atom is 0.300 e. The number of rotatable bonds is 7. The smallest absolute Gasteiger partial charge is 0.300 e. The van der Waals surface area contributed by atoms with Crippen LogP contribution >= 0.6 is 0 Å². The highest BCUT2D eigenvalue weighted by atomic mass is 32.2. The molecule has 188 valence electrons. The molecule has 1 atom stereocenters. The molecule has 2 aromatic carbocycles. The van der Waals surface area contributed by atoms with Crippen LogP contribution in [0.25, 0.3) is 5.76 Å². The first-order chi connectivity index (χ1) is 17.0. The van der Waals surface area contributed by atoms with Crippen LogP contribution in [0.3, 0.4) is 0 Å². The van der Waals surface area contributed by atoms with Crippen molar-refractivity contribution in [2.24, 2.45) is 11.1 Å². The van der Waals surface area contributed by atoms with Crippen molar-refractivity contribution in [2.75, 3.05) is 11.5 Å². The number of ether oxygens (including phenoxy) is 1. The van der Waals surface area contributed by atoms with Crippen LogP contribution in [0, 0.1) is 12.8 Å². The number of anilines is 1. The lowest BCUT2D eigenvalue weighted by Crippen LogP contribution is -2.29. The van der Waals surface area contributed by atoms with Crippen molar-refractivity contribution in [3.05, 3.63) is 83.3 Å². The van der Waals surface area contributed by atoms with E-state index in [4.69, 9.17) is 14.3 Å². The Balaban J connectivity index is 1.84. The first-order valence-corrected chi connectivity index (χ1v) is 12.8. The summed E-state index contributed by atoms with van der Waals surface area (Å²) in [6.07, 6.45) is 0. The summed E-state index contributed by atoms with van der Waals surface area (Å²) in [5.74, 6) is -0.589. The summed E-state index contributed by atoms with van der Waals surface area (Å²) in [4.78, 5) is 27.4. The molecule has 9 nitrogen and oxygen atoms in total. The van der Waals surface area contributed by atoms with E-state index in [1.165, 1.54) is 24.3 Å². The number of hydrogen-bond donors (Lipinski definition) is 2. The number of carbonyl (C=O) groups excluding carboxylic acids is 2. The zero-order valence-corrected chi connectivity index (χ0v) is 20.8. The van der Waals surface area contributed by atoms with Crippen LogP contribution in [0.5, 0.6) is 5.75 Å². The number of benzene rings is 2. The minimum atomic E-state index is -3.95. The first kappa shape index (κ1) is 25.2. The number of aliphatic hydroxyl groups excluding tert-OH is 1. The van der Waals surface area contributed by atoms with Crippen LogP contribution in [-0.2, 0) is 19.6 Å². The molecule has 1 aliphatic heterocycles. The van der Waals surface area contributed by atoms with Crippen LogP contribution in [0.2, 0.25) is 0 Å². The lowest BCUT2D eigenvalue weighted by molar-refractivity contribution is -0.132. The molecule has 1 saturated heterocycles. The van der Waals surface area contributed by atoms with Crippen LogP contribution < -0.4 is 14.8 Å². The summed E-state index contributed by atoms with van der Waals surface area (Å²) in [5, 5.41) is 16.4. The van der Waals surface area contributed by atoms with Crippen LogP contribution in [-0.4, -0.2) is 31.8 Å². The monoisotopic (exact) mass is 510 g/mol. The fourth-order valence-electron chi connectivity index (χ4n) is 3.92. The molecule has 1 aromatic heterocycles. The summed E-state index contributed by atoms with van der Waals surface area (Å²) in [7, 11) is -3.95. The highest BCUT2D eigenvalue weighted by molar-refractivity contribution is 7.89. The van der Waals surface area contributed by atoms with Gasteiger partial charge in [0.2, 0.25) is 10.0 Å². The van der Waals surface area contributed by atoms with Gasteiger partial charge in [0.1, 0.15) is 29.1 Å². The molecule has 10 heteroatoms. The van der Waals surface area contributed by atoms with Gasteiger partial charge in [-0.2, -0.15) is 0 Å². The largest absolute Gasteiger partial charge is 0.507 e. The fraction of sp³-hybridized carbons (Fsp3) is 0.231. The summed E-state index contributed by atoms with van der Waals surface area (Å²) in [6.45, 7) is 6.19. The van der Waals surface area contributed by atoms with E-state index in [9.17, 15) is 23.1 Å². The Morgan fingerprint density at radius 3 is 2.39 bits per heavy atom. The van der Waals surface area contributed by atoms with Gasteiger partial charge in [-0.05, 0) is 61.4 Å². The Hall–Kier alpha value is -3.89. The molecule has 0 bridgehead atoms. The zero-order valence-electron chi connectivity index (χ0n) is 20.0. The lowest BCUT2D eigenvalue weighted by Gasteiger charge is -2.23. The number of amides is 1. The van der Waals surface area contributed by atoms with Crippen molar-refractivity contribution in [3.8, 4) is 5.75 Å². The van der Waals surface area contributed by atoms with Gasteiger partial charge < -0.3 is 14.3 Å². The second-order valence-electron chi connectivity index (χ2n) is 8.89. The van der Waals surface area contributed by atoms with Gasteiger partial charge in [0.05, 0.1) is 17.1 Å². The van der Waals surface area contributed by atoms with E-state index < -0.39 is 27.8 Å². The number of sulfonamides is 1. The molecular formula is C26H26N2O7S. The second-order valence-corrected chi connectivity index (χ2v) is 10.5. The fourth-order valence-corrected chi connectivity index (χ4v) is 4.43. The highest BCUT2D eigenvalue weighted by Crippen LogP contribution is 2.43. The van der Waals surface area contributed by atoms with Crippen molar-refractivity contribution in [1.82, 2.24) is 0 Å². The number of nitrogens with zero attached hydrogens (tertiary/aromatic N) is 1. The number of primary sulfonamides is 1. The summed E-state index contributed by atoms with van der Waals surface area (Å²) >= 11 is 0. The molecule has 0 spiro atoms. The average Bonchev–Trinajstić information content (AvgIpc) is 3.37. The number of ketones is 1. The number of Topliss-reactive ketones (excluding diaryl/α,β-unsaturated/α-hetero) is 1. The Bertz CT molecular complexity index is 1450. The minimum Gasteiger partial charge on any atom is -0.507 e. The molecule has 3 aromatic rings. The number of carbonyl (C=O) groups is 2. The summed E-state index contributed by atoms with van der Waals surface area (Å²) < 4.78 is 34.8. The summed E-state index contributed by atoms with van der Waals surface area (Å²) in [6, 6.07) is 14.0. The topological polar surface area (TPSA) is 140 Å². The van der Waals surface area contributed by atoms with Gasteiger partial charge in [-0.1, -0.05) is 26.0 Å². The van der Waals surface area contributed by atoms with E-state index >= 15 is 0 Å². The molecule has 1 fully saturated rings. The van der Waals surface area contributed by atoms with E-state index in [1.54, 1.807) is 43.3 Å². The first-order valence-electron chi connectivity index (χ1n) is 11.2. The van der Waals surface area contributed by atoms with E-state index in [0.717, 1.165) is 4.90 Å². The number of hydrogen-bond acceptors (Lipinski definition) is 7. The molecule has 36 heavy (non-hydrogen) atoms. The number of aliphatic hydroxyl groups is 1. The Kier molecular flexibility index (Phi) is 6.75. The average molecular weight is 511 g/mol. The quantitative estimate of drug-likeness (QED) is 0.279. The van der Waals surface area contributed by atoms with E-state index in [-0.39, 0.29) is 33.6 Å². The van der Waals surface area contributed by atoms with Gasteiger partial charge in [0.25, 0.3) is 11.7 Å². The van der Waals surface area contributed by atoms with Crippen LogP contribution in [0.15, 0.2) is 75.5 Å². The van der Waals surface area contributed by atoms with Gasteiger partial charge in [0, 0.05) is 11.3 Å². The maximum absolute atomic E-state index is 13.2. The second kappa shape index (κ2) is 9.63. The van der Waals surface area contributed by atoms with E-state index in [1.807, 2.05) is 13.8 Å².